The third kappa shape index (κ3) is 4.03. The lowest BCUT2D eigenvalue weighted by Crippen LogP contribution is -1.80. The molecule has 1 heteroatoms. The van der Waals surface area contributed by atoms with Crippen molar-refractivity contribution in [1.29, 1.82) is 0 Å². The van der Waals surface area contributed by atoms with E-state index in [1.54, 1.807) is 13.4 Å². The highest BCUT2D eigenvalue weighted by Crippen LogP contribution is 2.41. The number of hydrogen-bond donors (Lipinski definition) is 0. The SMILES string of the molecule is CO/C=C/C1CC1CC#CC(C)C. The molecule has 13 heavy (non-hydrogen) atoms. The Morgan fingerprint density at radius 3 is 2.92 bits per heavy atom. The zero-order chi connectivity index (χ0) is 9.68. The van der Waals surface area contributed by atoms with E-state index >= 15 is 0 Å². The lowest BCUT2D eigenvalue weighted by molar-refractivity contribution is 0.335. The molecule has 2 atom stereocenters. The molecule has 0 heterocycles. The lowest BCUT2D eigenvalue weighted by atomic mass is 10.2. The molecular weight excluding hydrogens is 160 g/mol. The van der Waals surface area contributed by atoms with Gasteiger partial charge in [-0.1, -0.05) is 13.8 Å². The van der Waals surface area contributed by atoms with Crippen molar-refractivity contribution in [1.82, 2.24) is 0 Å². The molecule has 1 rings (SSSR count). The fourth-order valence-corrected chi connectivity index (χ4v) is 1.32. The van der Waals surface area contributed by atoms with Crippen LogP contribution < -0.4 is 0 Å². The zero-order valence-electron chi connectivity index (χ0n) is 8.71. The predicted molar refractivity (Wildman–Crippen MR) is 55.0 cm³/mol. The molecule has 0 spiro atoms. The van der Waals surface area contributed by atoms with Crippen molar-refractivity contribution < 1.29 is 4.74 Å². The summed E-state index contributed by atoms with van der Waals surface area (Å²) in [4.78, 5) is 0. The smallest absolute Gasteiger partial charge is 0.0787 e. The summed E-state index contributed by atoms with van der Waals surface area (Å²) in [7, 11) is 1.69. The molecule has 72 valence electrons. The van der Waals surface area contributed by atoms with Crippen molar-refractivity contribution >= 4 is 0 Å². The van der Waals surface area contributed by atoms with Crippen LogP contribution in [0.3, 0.4) is 0 Å². The van der Waals surface area contributed by atoms with Gasteiger partial charge in [0.15, 0.2) is 0 Å². The van der Waals surface area contributed by atoms with Crippen molar-refractivity contribution in [2.24, 2.45) is 17.8 Å². The fraction of sp³-hybridized carbons (Fsp3) is 0.667. The molecule has 0 radical (unpaired) electrons. The van der Waals surface area contributed by atoms with Crippen LogP contribution in [0.15, 0.2) is 12.3 Å². The van der Waals surface area contributed by atoms with Crippen molar-refractivity contribution in [2.45, 2.75) is 26.7 Å². The zero-order valence-corrected chi connectivity index (χ0v) is 8.71. The van der Waals surface area contributed by atoms with Gasteiger partial charge in [-0.05, 0) is 24.3 Å². The second kappa shape index (κ2) is 4.97. The van der Waals surface area contributed by atoms with Crippen LogP contribution in [0.1, 0.15) is 26.7 Å². The van der Waals surface area contributed by atoms with Crippen LogP contribution in [0.4, 0.5) is 0 Å². The first-order valence-corrected chi connectivity index (χ1v) is 4.92. The van der Waals surface area contributed by atoms with Crippen LogP contribution in [0.2, 0.25) is 0 Å². The molecule has 0 saturated heterocycles. The molecule has 1 aliphatic rings. The van der Waals surface area contributed by atoms with Gasteiger partial charge in [0.05, 0.1) is 13.4 Å². The molecule has 0 bridgehead atoms. The summed E-state index contributed by atoms with van der Waals surface area (Å²) in [5.74, 6) is 8.44. The van der Waals surface area contributed by atoms with E-state index in [2.05, 4.69) is 31.8 Å². The number of hydrogen-bond acceptors (Lipinski definition) is 1. The van der Waals surface area contributed by atoms with Crippen LogP contribution in [-0.2, 0) is 4.74 Å². The topological polar surface area (TPSA) is 9.23 Å². The Morgan fingerprint density at radius 1 is 1.54 bits per heavy atom. The molecule has 1 fully saturated rings. The summed E-state index contributed by atoms with van der Waals surface area (Å²) in [6, 6.07) is 0. The van der Waals surface area contributed by atoms with Gasteiger partial charge in [0.1, 0.15) is 0 Å². The summed E-state index contributed by atoms with van der Waals surface area (Å²) >= 11 is 0. The van der Waals surface area contributed by atoms with Gasteiger partial charge in [0, 0.05) is 12.3 Å². The van der Waals surface area contributed by atoms with E-state index in [4.69, 9.17) is 4.74 Å². The first-order valence-electron chi connectivity index (χ1n) is 4.92. The summed E-state index contributed by atoms with van der Waals surface area (Å²) in [5.41, 5.74) is 0. The molecular formula is C12H18O. The van der Waals surface area contributed by atoms with E-state index in [9.17, 15) is 0 Å². The molecule has 0 aliphatic heterocycles. The molecule has 1 aliphatic carbocycles. The summed E-state index contributed by atoms with van der Waals surface area (Å²) in [5, 5.41) is 0. The van der Waals surface area contributed by atoms with Crippen molar-refractivity contribution in [3.8, 4) is 11.8 Å². The first-order chi connectivity index (χ1) is 6.24. The number of ether oxygens (including phenoxy) is 1. The first kappa shape index (κ1) is 10.2. The molecule has 0 N–H and O–H groups in total. The third-order valence-corrected chi connectivity index (χ3v) is 2.19. The van der Waals surface area contributed by atoms with E-state index in [1.807, 2.05) is 0 Å². The van der Waals surface area contributed by atoms with Gasteiger partial charge in [-0.15, -0.1) is 11.8 Å². The Hall–Kier alpha value is -0.900. The van der Waals surface area contributed by atoms with Crippen LogP contribution in [0.5, 0.6) is 0 Å². The molecule has 1 saturated carbocycles. The predicted octanol–water partition coefficient (Wildman–Crippen LogP) is 2.83. The highest BCUT2D eigenvalue weighted by molar-refractivity contribution is 5.09. The van der Waals surface area contributed by atoms with Crippen molar-refractivity contribution in [3.05, 3.63) is 12.3 Å². The van der Waals surface area contributed by atoms with E-state index in [0.717, 1.165) is 18.3 Å². The van der Waals surface area contributed by atoms with Gasteiger partial charge in [0.25, 0.3) is 0 Å². The monoisotopic (exact) mass is 178 g/mol. The third-order valence-electron chi connectivity index (χ3n) is 2.19. The highest BCUT2D eigenvalue weighted by atomic mass is 16.5. The van der Waals surface area contributed by atoms with Crippen molar-refractivity contribution in [3.63, 3.8) is 0 Å². The van der Waals surface area contributed by atoms with Crippen LogP contribution in [0, 0.1) is 29.6 Å². The summed E-state index contributed by atoms with van der Waals surface area (Å²) in [6.07, 6.45) is 6.26. The molecule has 1 nitrogen and oxygen atoms in total. The van der Waals surface area contributed by atoms with E-state index in [1.165, 1.54) is 6.42 Å². The molecule has 0 aromatic heterocycles. The number of rotatable bonds is 3. The van der Waals surface area contributed by atoms with E-state index < -0.39 is 0 Å². The second-order valence-corrected chi connectivity index (χ2v) is 3.90. The normalized spacial score (nSPS) is 25.8. The average Bonchev–Trinajstić information content (AvgIpc) is 2.80. The van der Waals surface area contributed by atoms with Gasteiger partial charge in [-0.3, -0.25) is 0 Å². The Bertz CT molecular complexity index is 229. The van der Waals surface area contributed by atoms with Gasteiger partial charge >= 0.3 is 0 Å². The largest absolute Gasteiger partial charge is 0.505 e. The van der Waals surface area contributed by atoms with Gasteiger partial charge in [0.2, 0.25) is 0 Å². The number of allylic oxidation sites excluding steroid dienone is 1. The number of methoxy groups -OCH3 is 1. The standard InChI is InChI=1S/C12H18O/c1-10(2)5-4-6-11-9-12(11)7-8-13-3/h7-8,10-12H,6,9H2,1-3H3/b8-7+. The maximum Gasteiger partial charge on any atom is 0.0787 e. The maximum absolute atomic E-state index is 4.87. The lowest BCUT2D eigenvalue weighted by Gasteiger charge is -1.89. The van der Waals surface area contributed by atoms with Crippen LogP contribution in [-0.4, -0.2) is 7.11 Å². The van der Waals surface area contributed by atoms with Gasteiger partial charge < -0.3 is 4.74 Å². The van der Waals surface area contributed by atoms with Crippen LogP contribution in [0.25, 0.3) is 0 Å². The Balaban J connectivity index is 2.15. The van der Waals surface area contributed by atoms with E-state index in [0.29, 0.717) is 5.92 Å². The minimum atomic E-state index is 0.506. The van der Waals surface area contributed by atoms with Gasteiger partial charge in [-0.25, -0.2) is 0 Å². The summed E-state index contributed by atoms with van der Waals surface area (Å²) < 4.78 is 4.87. The highest BCUT2D eigenvalue weighted by Gasteiger charge is 2.33. The second-order valence-electron chi connectivity index (χ2n) is 3.90. The van der Waals surface area contributed by atoms with Crippen molar-refractivity contribution in [2.75, 3.05) is 7.11 Å². The summed E-state index contributed by atoms with van der Waals surface area (Å²) in [6.45, 7) is 4.25. The van der Waals surface area contributed by atoms with Crippen LogP contribution >= 0.6 is 0 Å². The Labute approximate surface area is 81.2 Å². The Morgan fingerprint density at radius 2 is 2.31 bits per heavy atom. The average molecular weight is 178 g/mol. The minimum Gasteiger partial charge on any atom is -0.505 e. The van der Waals surface area contributed by atoms with Gasteiger partial charge in [-0.2, -0.15) is 0 Å². The molecule has 0 aromatic rings. The molecule has 0 aromatic carbocycles. The quantitative estimate of drug-likeness (QED) is 0.477. The molecule has 2 unspecified atom stereocenters. The fourth-order valence-electron chi connectivity index (χ4n) is 1.32. The van der Waals surface area contributed by atoms with E-state index in [-0.39, 0.29) is 0 Å². The maximum atomic E-state index is 4.87. The Kier molecular flexibility index (Phi) is 3.89. The molecule has 0 amide bonds. The minimum absolute atomic E-state index is 0.506.